The molecule has 1 rings (SSSR count). The van der Waals surface area contributed by atoms with Gasteiger partial charge in [-0.1, -0.05) is 11.6 Å². The van der Waals surface area contributed by atoms with Crippen LogP contribution in [-0.4, -0.2) is 22.3 Å². The Morgan fingerprint density at radius 3 is 2.64 bits per heavy atom. The van der Waals surface area contributed by atoms with E-state index in [9.17, 15) is 4.79 Å². The molecule has 0 saturated heterocycles. The fourth-order valence-electron chi connectivity index (χ4n) is 0.892. The number of hydrogen-bond acceptors (Lipinski definition) is 5. The zero-order valence-corrected chi connectivity index (χ0v) is 8.67. The number of nitrogens with one attached hydrogen (secondary N) is 1. The van der Waals surface area contributed by atoms with Crippen LogP contribution >= 0.6 is 11.6 Å². The lowest BCUT2D eigenvalue weighted by atomic mass is 10.4. The molecule has 76 valence electrons. The van der Waals surface area contributed by atoms with Crippen molar-refractivity contribution in [3.63, 3.8) is 0 Å². The maximum absolute atomic E-state index is 10.5. The number of carbonyl (C=O) groups is 1. The lowest BCUT2D eigenvalue weighted by Gasteiger charge is -2.10. The van der Waals surface area contributed by atoms with Gasteiger partial charge in [0.05, 0.1) is 0 Å². The van der Waals surface area contributed by atoms with E-state index in [4.69, 9.17) is 17.3 Å². The number of hydrogen-bond donors (Lipinski definition) is 2. The predicted molar refractivity (Wildman–Crippen MR) is 55.6 cm³/mol. The number of carbonyl (C=O) groups excluding carboxylic acids is 1. The highest BCUT2D eigenvalue weighted by molar-refractivity contribution is 6.31. The summed E-state index contributed by atoms with van der Waals surface area (Å²) in [5.74, 6) is 0.470. The summed E-state index contributed by atoms with van der Waals surface area (Å²) in [5.41, 5.74) is 5.53. The highest BCUT2D eigenvalue weighted by Crippen LogP contribution is 2.19. The van der Waals surface area contributed by atoms with Crippen LogP contribution in [0.1, 0.15) is 24.3 Å². The van der Waals surface area contributed by atoms with Crippen LogP contribution in [0.2, 0.25) is 5.15 Å². The summed E-state index contributed by atoms with van der Waals surface area (Å²) >= 11 is 5.77. The molecule has 0 saturated carbocycles. The minimum atomic E-state index is 0.0595. The van der Waals surface area contributed by atoms with Crippen molar-refractivity contribution in [3.8, 4) is 0 Å². The first-order valence-electron chi connectivity index (χ1n) is 4.09. The molecule has 0 fully saturated rings. The molecule has 1 aromatic heterocycles. The SMILES string of the molecule is CC(C)Nc1nc(N)c(C=O)nc1Cl. The van der Waals surface area contributed by atoms with Gasteiger partial charge in [-0.05, 0) is 13.8 Å². The molecule has 6 heteroatoms. The molecule has 1 heterocycles. The quantitative estimate of drug-likeness (QED) is 0.743. The Morgan fingerprint density at radius 2 is 2.14 bits per heavy atom. The van der Waals surface area contributed by atoms with Crippen molar-refractivity contribution in [2.75, 3.05) is 11.1 Å². The van der Waals surface area contributed by atoms with E-state index in [1.165, 1.54) is 0 Å². The molecular weight excluding hydrogens is 204 g/mol. The summed E-state index contributed by atoms with van der Waals surface area (Å²) in [4.78, 5) is 18.2. The van der Waals surface area contributed by atoms with Crippen molar-refractivity contribution in [2.45, 2.75) is 19.9 Å². The van der Waals surface area contributed by atoms with E-state index in [1.54, 1.807) is 0 Å². The first-order chi connectivity index (χ1) is 6.54. The van der Waals surface area contributed by atoms with E-state index < -0.39 is 0 Å². The average molecular weight is 215 g/mol. The van der Waals surface area contributed by atoms with Gasteiger partial charge in [0.2, 0.25) is 0 Å². The van der Waals surface area contributed by atoms with Crippen molar-refractivity contribution >= 4 is 29.5 Å². The van der Waals surface area contributed by atoms with Gasteiger partial charge in [0.15, 0.2) is 23.1 Å². The topological polar surface area (TPSA) is 80.9 Å². The number of halogens is 1. The van der Waals surface area contributed by atoms with E-state index in [2.05, 4.69) is 15.3 Å². The number of nitrogen functional groups attached to an aromatic ring is 1. The third kappa shape index (κ3) is 2.32. The highest BCUT2D eigenvalue weighted by atomic mass is 35.5. The van der Waals surface area contributed by atoms with Gasteiger partial charge in [-0.15, -0.1) is 0 Å². The number of aldehydes is 1. The molecule has 5 nitrogen and oxygen atoms in total. The standard InChI is InChI=1S/C8H11ClN4O/c1-4(2)11-8-6(9)12-5(3-14)7(10)13-8/h3-4H,1-2H3,(H3,10,11,13). The van der Waals surface area contributed by atoms with Gasteiger partial charge in [0.25, 0.3) is 0 Å². The van der Waals surface area contributed by atoms with Gasteiger partial charge in [-0.25, -0.2) is 9.97 Å². The van der Waals surface area contributed by atoms with E-state index in [1.807, 2.05) is 13.8 Å². The Bertz CT molecular complexity index is 353. The Hall–Kier alpha value is -1.36. The summed E-state index contributed by atoms with van der Waals surface area (Å²) in [6.07, 6.45) is 0.521. The molecule has 3 N–H and O–H groups in total. The lowest BCUT2D eigenvalue weighted by Crippen LogP contribution is -2.14. The maximum atomic E-state index is 10.5. The Morgan fingerprint density at radius 1 is 1.50 bits per heavy atom. The van der Waals surface area contributed by atoms with Crippen LogP contribution in [-0.2, 0) is 0 Å². The first-order valence-corrected chi connectivity index (χ1v) is 4.47. The summed E-state index contributed by atoms with van der Waals surface area (Å²) in [6, 6.07) is 0.170. The molecule has 0 bridgehead atoms. The number of nitrogens with two attached hydrogens (primary N) is 1. The number of anilines is 2. The molecule has 0 atom stereocenters. The molecule has 0 aromatic carbocycles. The molecule has 0 aliphatic rings. The van der Waals surface area contributed by atoms with Gasteiger partial charge in [0.1, 0.15) is 5.69 Å². The predicted octanol–water partition coefficient (Wildman–Crippen LogP) is 1.34. The summed E-state index contributed by atoms with van der Waals surface area (Å²) in [5, 5.41) is 3.11. The number of nitrogens with zero attached hydrogens (tertiary/aromatic N) is 2. The monoisotopic (exact) mass is 214 g/mol. The van der Waals surface area contributed by atoms with Gasteiger partial charge in [-0.3, -0.25) is 4.79 Å². The van der Waals surface area contributed by atoms with Gasteiger partial charge in [-0.2, -0.15) is 0 Å². The lowest BCUT2D eigenvalue weighted by molar-refractivity contribution is 0.111. The molecule has 0 unspecified atom stereocenters. The van der Waals surface area contributed by atoms with Crippen LogP contribution in [0.5, 0.6) is 0 Å². The molecular formula is C8H11ClN4O. The normalized spacial score (nSPS) is 10.3. The van der Waals surface area contributed by atoms with Crippen LogP contribution < -0.4 is 11.1 Å². The molecule has 0 spiro atoms. The number of aromatic nitrogens is 2. The second-order valence-corrected chi connectivity index (χ2v) is 3.41. The number of rotatable bonds is 3. The van der Waals surface area contributed by atoms with Crippen molar-refractivity contribution < 1.29 is 4.79 Å². The van der Waals surface area contributed by atoms with Gasteiger partial charge < -0.3 is 11.1 Å². The largest absolute Gasteiger partial charge is 0.382 e. The first kappa shape index (κ1) is 10.7. The smallest absolute Gasteiger partial charge is 0.172 e. The Kier molecular flexibility index (Phi) is 3.24. The van der Waals surface area contributed by atoms with Crippen molar-refractivity contribution in [1.82, 2.24) is 9.97 Å². The Labute approximate surface area is 86.7 Å². The summed E-state index contributed by atoms with van der Waals surface area (Å²) in [6.45, 7) is 3.86. The van der Waals surface area contributed by atoms with Crippen molar-refractivity contribution in [2.24, 2.45) is 0 Å². The van der Waals surface area contributed by atoms with Crippen LogP contribution in [0.15, 0.2) is 0 Å². The molecule has 0 amide bonds. The van der Waals surface area contributed by atoms with E-state index >= 15 is 0 Å². The van der Waals surface area contributed by atoms with Crippen molar-refractivity contribution in [3.05, 3.63) is 10.8 Å². The second kappa shape index (κ2) is 4.23. The van der Waals surface area contributed by atoms with E-state index in [0.717, 1.165) is 0 Å². The fourth-order valence-corrected chi connectivity index (χ4v) is 1.08. The average Bonchev–Trinajstić information content (AvgIpc) is 2.10. The van der Waals surface area contributed by atoms with Gasteiger partial charge in [0, 0.05) is 6.04 Å². The maximum Gasteiger partial charge on any atom is 0.172 e. The summed E-state index contributed by atoms with van der Waals surface area (Å²) < 4.78 is 0. The second-order valence-electron chi connectivity index (χ2n) is 3.05. The minimum absolute atomic E-state index is 0.0595. The zero-order valence-electron chi connectivity index (χ0n) is 7.91. The van der Waals surface area contributed by atoms with Crippen molar-refractivity contribution in [1.29, 1.82) is 0 Å². The molecule has 1 aromatic rings. The minimum Gasteiger partial charge on any atom is -0.382 e. The van der Waals surface area contributed by atoms with Crippen LogP contribution in [0, 0.1) is 0 Å². The zero-order chi connectivity index (χ0) is 10.7. The third-order valence-electron chi connectivity index (χ3n) is 1.45. The highest BCUT2D eigenvalue weighted by Gasteiger charge is 2.09. The molecule has 14 heavy (non-hydrogen) atoms. The Balaban J connectivity index is 3.08. The van der Waals surface area contributed by atoms with Crippen LogP contribution in [0.3, 0.4) is 0 Å². The summed E-state index contributed by atoms with van der Waals surface area (Å²) in [7, 11) is 0. The molecule has 0 radical (unpaired) electrons. The molecule has 0 aliphatic carbocycles. The van der Waals surface area contributed by atoms with Crippen LogP contribution in [0.4, 0.5) is 11.6 Å². The third-order valence-corrected chi connectivity index (χ3v) is 1.71. The van der Waals surface area contributed by atoms with E-state index in [0.29, 0.717) is 12.1 Å². The molecule has 0 aliphatic heterocycles. The van der Waals surface area contributed by atoms with Crippen LogP contribution in [0.25, 0.3) is 0 Å². The fraction of sp³-hybridized carbons (Fsp3) is 0.375. The van der Waals surface area contributed by atoms with E-state index in [-0.39, 0.29) is 22.7 Å². The van der Waals surface area contributed by atoms with Gasteiger partial charge >= 0.3 is 0 Å².